The van der Waals surface area contributed by atoms with Crippen LogP contribution in [-0.4, -0.2) is 21.9 Å². The number of hydrogen-bond acceptors (Lipinski definition) is 5. The lowest BCUT2D eigenvalue weighted by atomic mass is 10.1. The zero-order chi connectivity index (χ0) is 20.3. The van der Waals surface area contributed by atoms with Crippen LogP contribution >= 0.6 is 0 Å². The van der Waals surface area contributed by atoms with E-state index in [0.29, 0.717) is 5.75 Å². The molecule has 0 radical (unpaired) electrons. The van der Waals surface area contributed by atoms with Gasteiger partial charge in [-0.2, -0.15) is 23.3 Å². The van der Waals surface area contributed by atoms with Crippen LogP contribution in [0, 0.1) is 6.92 Å². The number of benzene rings is 1. The van der Waals surface area contributed by atoms with Crippen molar-refractivity contribution >= 4 is 0 Å². The molecule has 6 nitrogen and oxygen atoms in total. The predicted octanol–water partition coefficient (Wildman–Crippen LogP) is 4.52. The molecule has 3 aromatic rings. The van der Waals surface area contributed by atoms with Crippen LogP contribution in [-0.2, 0) is 19.8 Å². The summed E-state index contributed by atoms with van der Waals surface area (Å²) in [4.78, 5) is 4.19. The van der Waals surface area contributed by atoms with E-state index < -0.39 is 11.9 Å². The maximum atomic E-state index is 12.8. The van der Waals surface area contributed by atoms with Crippen molar-refractivity contribution in [3.05, 3.63) is 59.3 Å². The summed E-state index contributed by atoms with van der Waals surface area (Å²) < 4.78 is 55.8. The Morgan fingerprint density at radius 2 is 1.79 bits per heavy atom. The third-order valence-corrected chi connectivity index (χ3v) is 3.96. The molecule has 0 fully saturated rings. The van der Waals surface area contributed by atoms with Gasteiger partial charge in [0.2, 0.25) is 17.6 Å². The quantitative estimate of drug-likeness (QED) is 0.616. The Kier molecular flexibility index (Phi) is 5.43. The first-order valence-electron chi connectivity index (χ1n) is 8.28. The minimum atomic E-state index is -4.57. The molecule has 0 N–H and O–H groups in total. The highest BCUT2D eigenvalue weighted by molar-refractivity contribution is 5.36. The summed E-state index contributed by atoms with van der Waals surface area (Å²) in [6.07, 6.45) is -4.57. The van der Waals surface area contributed by atoms with Gasteiger partial charge in [-0.1, -0.05) is 24.3 Å². The standard InChI is InChI=1S/C19H18F3N3O3/c1-12-6-4-5-7-13(12)11-27-16-8-14(26-3)9-17(23-16)28-18-10-15(19(20,21)22)24-25(18)2/h4-10H,11H2,1-3H3. The first-order valence-corrected chi connectivity index (χ1v) is 8.28. The molecule has 0 aliphatic carbocycles. The molecular formula is C19H18F3N3O3. The number of aryl methyl sites for hydroxylation is 2. The van der Waals surface area contributed by atoms with Crippen LogP contribution < -0.4 is 14.2 Å². The average molecular weight is 393 g/mol. The highest BCUT2D eigenvalue weighted by Crippen LogP contribution is 2.33. The molecule has 0 bridgehead atoms. The highest BCUT2D eigenvalue weighted by atomic mass is 19.4. The van der Waals surface area contributed by atoms with E-state index in [-0.39, 0.29) is 24.2 Å². The lowest BCUT2D eigenvalue weighted by Crippen LogP contribution is -2.06. The van der Waals surface area contributed by atoms with Gasteiger partial charge in [0.05, 0.1) is 7.11 Å². The molecule has 0 saturated carbocycles. The topological polar surface area (TPSA) is 58.4 Å². The first-order chi connectivity index (χ1) is 13.3. The molecule has 0 unspecified atom stereocenters. The summed E-state index contributed by atoms with van der Waals surface area (Å²) in [6, 6.07) is 11.5. The maximum absolute atomic E-state index is 12.8. The summed E-state index contributed by atoms with van der Waals surface area (Å²) in [5, 5.41) is 3.41. The van der Waals surface area contributed by atoms with Gasteiger partial charge in [-0.05, 0) is 18.1 Å². The van der Waals surface area contributed by atoms with Crippen LogP contribution in [0.2, 0.25) is 0 Å². The fraction of sp³-hybridized carbons (Fsp3) is 0.263. The van der Waals surface area contributed by atoms with Crippen LogP contribution in [0.3, 0.4) is 0 Å². The molecule has 0 atom stereocenters. The summed E-state index contributed by atoms with van der Waals surface area (Å²) in [7, 11) is 2.80. The van der Waals surface area contributed by atoms with Gasteiger partial charge in [0.1, 0.15) is 12.4 Å². The molecule has 0 aliphatic heterocycles. The van der Waals surface area contributed by atoms with Crippen molar-refractivity contribution in [1.82, 2.24) is 14.8 Å². The SMILES string of the molecule is COc1cc(OCc2ccccc2C)nc(Oc2cc(C(F)(F)F)nn2C)c1. The molecule has 0 aliphatic rings. The Hall–Kier alpha value is -3.23. The fourth-order valence-corrected chi connectivity index (χ4v) is 2.42. The number of rotatable bonds is 6. The van der Waals surface area contributed by atoms with Gasteiger partial charge in [0.25, 0.3) is 0 Å². The second kappa shape index (κ2) is 7.79. The number of aromatic nitrogens is 3. The van der Waals surface area contributed by atoms with Crippen LogP contribution in [0.25, 0.3) is 0 Å². The lowest BCUT2D eigenvalue weighted by molar-refractivity contribution is -0.141. The van der Waals surface area contributed by atoms with Gasteiger partial charge in [0, 0.05) is 25.2 Å². The van der Waals surface area contributed by atoms with Crippen LogP contribution in [0.1, 0.15) is 16.8 Å². The summed E-state index contributed by atoms with van der Waals surface area (Å²) in [6.45, 7) is 2.24. The Morgan fingerprint density at radius 1 is 1.07 bits per heavy atom. The van der Waals surface area contributed by atoms with Crippen molar-refractivity contribution in [3.63, 3.8) is 0 Å². The smallest absolute Gasteiger partial charge is 0.435 e. The molecule has 148 valence electrons. The van der Waals surface area contributed by atoms with Crippen LogP contribution in [0.5, 0.6) is 23.4 Å². The van der Waals surface area contributed by atoms with Crippen molar-refractivity contribution in [2.45, 2.75) is 19.7 Å². The van der Waals surface area contributed by atoms with E-state index >= 15 is 0 Å². The minimum absolute atomic E-state index is 0.0239. The van der Waals surface area contributed by atoms with Crippen LogP contribution in [0.4, 0.5) is 13.2 Å². The average Bonchev–Trinajstić information content (AvgIpc) is 3.02. The summed E-state index contributed by atoms with van der Waals surface area (Å²) in [5.41, 5.74) is 0.997. The van der Waals surface area contributed by atoms with Gasteiger partial charge < -0.3 is 14.2 Å². The molecule has 0 amide bonds. The minimum Gasteiger partial charge on any atom is -0.496 e. The van der Waals surface area contributed by atoms with Crippen LogP contribution in [0.15, 0.2) is 42.5 Å². The number of hydrogen-bond donors (Lipinski definition) is 0. The van der Waals surface area contributed by atoms with Crippen molar-refractivity contribution in [2.24, 2.45) is 7.05 Å². The second-order valence-electron chi connectivity index (χ2n) is 5.99. The number of halogens is 3. The largest absolute Gasteiger partial charge is 0.496 e. The number of alkyl halides is 3. The fourth-order valence-electron chi connectivity index (χ4n) is 2.42. The molecular weight excluding hydrogens is 375 g/mol. The normalized spacial score (nSPS) is 11.4. The number of ether oxygens (including phenoxy) is 3. The molecule has 0 spiro atoms. The Morgan fingerprint density at radius 3 is 2.43 bits per heavy atom. The Bertz CT molecular complexity index is 971. The van der Waals surface area contributed by atoms with Gasteiger partial charge in [-0.25, -0.2) is 4.68 Å². The zero-order valence-electron chi connectivity index (χ0n) is 15.4. The molecule has 1 aromatic carbocycles. The number of methoxy groups -OCH3 is 1. The molecule has 0 saturated heterocycles. The Balaban J connectivity index is 1.81. The van der Waals surface area contributed by atoms with Crippen molar-refractivity contribution in [2.75, 3.05) is 7.11 Å². The molecule has 3 rings (SSSR count). The van der Waals surface area contributed by atoms with E-state index in [1.54, 1.807) is 6.07 Å². The van der Waals surface area contributed by atoms with Gasteiger partial charge >= 0.3 is 6.18 Å². The summed E-state index contributed by atoms with van der Waals surface area (Å²) >= 11 is 0. The Labute approximate surface area is 159 Å². The van der Waals surface area contributed by atoms with Gasteiger partial charge in [0.15, 0.2) is 5.69 Å². The molecule has 9 heteroatoms. The number of pyridine rings is 1. The lowest BCUT2D eigenvalue weighted by Gasteiger charge is -2.11. The zero-order valence-corrected chi connectivity index (χ0v) is 15.4. The van der Waals surface area contributed by atoms with Gasteiger partial charge in [-0.3, -0.25) is 0 Å². The third-order valence-electron chi connectivity index (χ3n) is 3.96. The molecule has 2 heterocycles. The van der Waals surface area contributed by atoms with E-state index in [0.717, 1.165) is 21.9 Å². The number of nitrogens with zero attached hydrogens (tertiary/aromatic N) is 3. The van der Waals surface area contributed by atoms with E-state index in [2.05, 4.69) is 10.1 Å². The highest BCUT2D eigenvalue weighted by Gasteiger charge is 2.35. The van der Waals surface area contributed by atoms with E-state index in [1.807, 2.05) is 31.2 Å². The van der Waals surface area contributed by atoms with E-state index in [9.17, 15) is 13.2 Å². The summed E-state index contributed by atoms with van der Waals surface area (Å²) in [5.74, 6) is 0.521. The van der Waals surface area contributed by atoms with Crippen molar-refractivity contribution < 1.29 is 27.4 Å². The molecule has 2 aromatic heterocycles. The monoisotopic (exact) mass is 393 g/mol. The van der Waals surface area contributed by atoms with Crippen molar-refractivity contribution in [1.29, 1.82) is 0 Å². The first kappa shape index (κ1) is 19.5. The van der Waals surface area contributed by atoms with E-state index in [1.165, 1.54) is 20.2 Å². The third kappa shape index (κ3) is 4.54. The van der Waals surface area contributed by atoms with E-state index in [4.69, 9.17) is 14.2 Å². The van der Waals surface area contributed by atoms with Crippen molar-refractivity contribution in [3.8, 4) is 23.4 Å². The maximum Gasteiger partial charge on any atom is 0.435 e. The molecule has 28 heavy (non-hydrogen) atoms. The second-order valence-corrected chi connectivity index (χ2v) is 5.99. The predicted molar refractivity (Wildman–Crippen MR) is 94.6 cm³/mol. The van der Waals surface area contributed by atoms with Gasteiger partial charge in [-0.15, -0.1) is 0 Å².